The molecule has 2 aromatic heterocycles. The van der Waals surface area contributed by atoms with E-state index in [0.29, 0.717) is 46.0 Å². The number of pyridine rings is 1. The van der Waals surface area contributed by atoms with Crippen molar-refractivity contribution in [3.05, 3.63) is 42.4 Å². The number of aliphatic imine (C=N–C) groups is 1. The molecule has 10 nitrogen and oxygen atoms in total. The lowest BCUT2D eigenvalue weighted by molar-refractivity contribution is 0.311. The molecule has 5 rings (SSSR count). The number of nitrogens with one attached hydrogen (secondary N) is 1. The molecule has 0 bridgehead atoms. The van der Waals surface area contributed by atoms with Crippen LogP contribution in [0.3, 0.4) is 0 Å². The van der Waals surface area contributed by atoms with Crippen molar-refractivity contribution in [1.82, 2.24) is 15.0 Å². The van der Waals surface area contributed by atoms with Gasteiger partial charge in [-0.15, -0.1) is 0 Å². The fraction of sp³-hybridized carbons (Fsp3) is 0.391. The third-order valence-corrected chi connectivity index (χ3v) is 9.87. The molecule has 34 heavy (non-hydrogen) atoms. The zero-order valence-corrected chi connectivity index (χ0v) is 20.2. The lowest BCUT2D eigenvalue weighted by atomic mass is 9.86. The molecule has 11 heteroatoms. The second-order valence-corrected chi connectivity index (χ2v) is 11.8. The van der Waals surface area contributed by atoms with E-state index in [9.17, 15) is 8.42 Å². The number of anilines is 2. The molecular weight excluding hydrogens is 456 g/mol. The largest absolute Gasteiger partial charge is 0.495 e. The van der Waals surface area contributed by atoms with Crippen LogP contribution in [0.2, 0.25) is 0 Å². The van der Waals surface area contributed by atoms with Gasteiger partial charge in [-0.3, -0.25) is 4.99 Å². The lowest BCUT2D eigenvalue weighted by Gasteiger charge is -2.43. The molecule has 2 atom stereocenters. The number of hydrogen-bond acceptors (Lipinski definition) is 10. The Morgan fingerprint density at radius 3 is 2.74 bits per heavy atom. The predicted octanol–water partition coefficient (Wildman–Crippen LogP) is 2.71. The van der Waals surface area contributed by atoms with E-state index >= 15 is 0 Å². The Bertz CT molecular complexity index is 1440. The van der Waals surface area contributed by atoms with Gasteiger partial charge in [-0.25, -0.2) is 23.4 Å². The number of aromatic nitrogens is 3. The lowest BCUT2D eigenvalue weighted by Crippen LogP contribution is -2.59. The molecule has 3 aromatic rings. The van der Waals surface area contributed by atoms with Gasteiger partial charge in [0.1, 0.15) is 39.5 Å². The number of fused-ring (bicyclic) bond motifs is 4. The molecule has 0 spiro atoms. The molecule has 2 aliphatic heterocycles. The van der Waals surface area contributed by atoms with Crippen molar-refractivity contribution in [2.45, 2.75) is 42.7 Å². The van der Waals surface area contributed by atoms with Crippen molar-refractivity contribution in [3.8, 4) is 11.5 Å². The van der Waals surface area contributed by atoms with Crippen molar-refractivity contribution in [1.29, 1.82) is 0 Å². The second-order valence-electron chi connectivity index (χ2n) is 9.13. The van der Waals surface area contributed by atoms with Crippen LogP contribution in [0.5, 0.6) is 11.5 Å². The summed E-state index contributed by atoms with van der Waals surface area (Å²) in [5.41, 5.74) is 7.64. The van der Waals surface area contributed by atoms with Crippen molar-refractivity contribution >= 4 is 38.2 Å². The average molecular weight is 483 g/mol. The van der Waals surface area contributed by atoms with Gasteiger partial charge in [-0.05, 0) is 39.0 Å². The maximum Gasteiger partial charge on any atom is 0.168 e. The SMILES string of the molecule is COc1cnc2c(Nc3ccc4c(c3)C3(C)N=C(N)C(C)(C)S(=O)(=O)C3CCO4)ncnc2c1. The molecule has 2 aliphatic rings. The molecule has 0 aliphatic carbocycles. The van der Waals surface area contributed by atoms with Crippen LogP contribution in [0.25, 0.3) is 11.0 Å². The van der Waals surface area contributed by atoms with E-state index in [4.69, 9.17) is 20.2 Å². The molecule has 0 saturated heterocycles. The van der Waals surface area contributed by atoms with Crippen molar-refractivity contribution in [2.24, 2.45) is 10.7 Å². The van der Waals surface area contributed by atoms with Crippen molar-refractivity contribution < 1.29 is 17.9 Å². The summed E-state index contributed by atoms with van der Waals surface area (Å²) in [5.74, 6) is 1.77. The Hall–Kier alpha value is -3.47. The van der Waals surface area contributed by atoms with Crippen LogP contribution in [0, 0.1) is 0 Å². The zero-order valence-electron chi connectivity index (χ0n) is 19.4. The number of sulfone groups is 1. The van der Waals surface area contributed by atoms with E-state index < -0.39 is 25.4 Å². The first-order chi connectivity index (χ1) is 16.1. The third kappa shape index (κ3) is 3.17. The summed E-state index contributed by atoms with van der Waals surface area (Å²) >= 11 is 0. The van der Waals surface area contributed by atoms with Crippen LogP contribution in [-0.4, -0.2) is 52.9 Å². The highest BCUT2D eigenvalue weighted by atomic mass is 32.2. The standard InChI is InChI=1S/C23H26N6O4S/c1-22(2)21(24)29-23(3)15-9-13(5-6-17(15)33-8-7-18(23)34(22,30)31)28-20-19-16(26-12-27-20)10-14(32-4)11-25-19/h5-6,9-12,18H,7-8H2,1-4H3,(H2,24,29)(H,26,27,28). The summed E-state index contributed by atoms with van der Waals surface area (Å²) in [6.45, 7) is 5.29. The number of hydrogen-bond donors (Lipinski definition) is 2. The molecule has 4 heterocycles. The first kappa shape index (κ1) is 22.3. The van der Waals surface area contributed by atoms with E-state index in [1.54, 1.807) is 33.2 Å². The summed E-state index contributed by atoms with van der Waals surface area (Å²) in [6.07, 6.45) is 3.36. The summed E-state index contributed by atoms with van der Waals surface area (Å²) in [4.78, 5) is 17.8. The van der Waals surface area contributed by atoms with Gasteiger partial charge in [0.2, 0.25) is 0 Å². The summed E-state index contributed by atoms with van der Waals surface area (Å²) in [6, 6.07) is 7.27. The van der Waals surface area contributed by atoms with Gasteiger partial charge >= 0.3 is 0 Å². The van der Waals surface area contributed by atoms with Gasteiger partial charge in [-0.2, -0.15) is 0 Å². The van der Waals surface area contributed by atoms with Crippen molar-refractivity contribution in [3.63, 3.8) is 0 Å². The topological polar surface area (TPSA) is 142 Å². The Morgan fingerprint density at radius 2 is 1.97 bits per heavy atom. The Kier molecular flexibility index (Phi) is 4.94. The van der Waals surface area contributed by atoms with Crippen LogP contribution in [0.15, 0.2) is 41.8 Å². The van der Waals surface area contributed by atoms with Gasteiger partial charge in [0.05, 0.1) is 30.7 Å². The minimum absolute atomic E-state index is 0.0948. The number of nitrogens with two attached hydrogens (primary N) is 1. The monoisotopic (exact) mass is 482 g/mol. The summed E-state index contributed by atoms with van der Waals surface area (Å²) in [7, 11) is -2.08. The molecular formula is C23H26N6O4S. The minimum Gasteiger partial charge on any atom is -0.495 e. The molecule has 1 aromatic carbocycles. The quantitative estimate of drug-likeness (QED) is 0.576. The van der Waals surface area contributed by atoms with Gasteiger partial charge < -0.3 is 20.5 Å². The summed E-state index contributed by atoms with van der Waals surface area (Å²) < 4.78 is 37.0. The maximum absolute atomic E-state index is 13.6. The predicted molar refractivity (Wildman–Crippen MR) is 129 cm³/mol. The first-order valence-electron chi connectivity index (χ1n) is 10.9. The van der Waals surface area contributed by atoms with Crippen LogP contribution >= 0.6 is 0 Å². The highest BCUT2D eigenvalue weighted by molar-refractivity contribution is 7.94. The van der Waals surface area contributed by atoms with E-state index in [-0.39, 0.29) is 12.4 Å². The van der Waals surface area contributed by atoms with E-state index in [1.165, 1.54) is 6.33 Å². The van der Waals surface area contributed by atoms with E-state index in [2.05, 4.69) is 20.3 Å². The Morgan fingerprint density at radius 1 is 1.18 bits per heavy atom. The van der Waals surface area contributed by atoms with Crippen molar-refractivity contribution in [2.75, 3.05) is 19.0 Å². The van der Waals surface area contributed by atoms with Crippen LogP contribution in [-0.2, 0) is 15.4 Å². The second kappa shape index (κ2) is 7.52. The van der Waals surface area contributed by atoms with Crippen LogP contribution in [0.1, 0.15) is 32.8 Å². The maximum atomic E-state index is 13.6. The molecule has 0 saturated carbocycles. The average Bonchev–Trinajstić information content (AvgIpc) is 2.95. The number of nitrogens with zero attached hydrogens (tertiary/aromatic N) is 4. The normalized spacial score (nSPS) is 24.7. The molecule has 0 radical (unpaired) electrons. The zero-order chi connectivity index (χ0) is 24.3. The third-order valence-electron chi connectivity index (χ3n) is 6.79. The summed E-state index contributed by atoms with van der Waals surface area (Å²) in [5, 5.41) is 2.51. The molecule has 2 unspecified atom stereocenters. The van der Waals surface area contributed by atoms with E-state index in [1.807, 2.05) is 25.1 Å². The number of amidine groups is 1. The fourth-order valence-corrected chi connectivity index (χ4v) is 6.84. The van der Waals surface area contributed by atoms with Gasteiger partial charge in [0.25, 0.3) is 0 Å². The van der Waals surface area contributed by atoms with Crippen LogP contribution in [0.4, 0.5) is 11.5 Å². The Balaban J connectivity index is 1.62. The minimum atomic E-state index is -3.64. The van der Waals surface area contributed by atoms with E-state index in [0.717, 1.165) is 0 Å². The van der Waals surface area contributed by atoms with Gasteiger partial charge in [0.15, 0.2) is 15.7 Å². The molecule has 0 fully saturated rings. The molecule has 178 valence electrons. The number of benzene rings is 1. The fourth-order valence-electron chi connectivity index (χ4n) is 4.60. The highest BCUT2D eigenvalue weighted by Crippen LogP contribution is 2.48. The number of ether oxygens (including phenoxy) is 2. The molecule has 3 N–H and O–H groups in total. The Labute approximate surface area is 197 Å². The van der Waals surface area contributed by atoms with Crippen LogP contribution < -0.4 is 20.5 Å². The first-order valence-corrected chi connectivity index (χ1v) is 12.4. The molecule has 0 amide bonds. The van der Waals surface area contributed by atoms with Gasteiger partial charge in [-0.1, -0.05) is 0 Å². The number of methoxy groups -OCH3 is 1. The highest BCUT2D eigenvalue weighted by Gasteiger charge is 2.57. The van der Waals surface area contributed by atoms with Gasteiger partial charge in [0, 0.05) is 23.7 Å². The number of rotatable bonds is 3. The smallest absolute Gasteiger partial charge is 0.168 e.